The molecule has 1 N–H and O–H groups in total. The van der Waals surface area contributed by atoms with Gasteiger partial charge in [-0.2, -0.15) is 0 Å². The van der Waals surface area contributed by atoms with E-state index in [0.29, 0.717) is 35.1 Å². The number of nitrogens with zero attached hydrogens (tertiary/aromatic N) is 1. The predicted molar refractivity (Wildman–Crippen MR) is 119 cm³/mol. The summed E-state index contributed by atoms with van der Waals surface area (Å²) in [5, 5.41) is 11.1. The molecule has 1 aliphatic heterocycles. The Labute approximate surface area is 185 Å². The number of anilines is 1. The van der Waals surface area contributed by atoms with E-state index < -0.39 is 17.7 Å². The van der Waals surface area contributed by atoms with Crippen LogP contribution >= 0.6 is 0 Å². The van der Waals surface area contributed by atoms with Crippen LogP contribution in [-0.2, 0) is 9.59 Å². The van der Waals surface area contributed by atoms with Gasteiger partial charge in [0, 0.05) is 17.3 Å². The van der Waals surface area contributed by atoms with Crippen molar-refractivity contribution in [2.75, 3.05) is 18.6 Å². The minimum atomic E-state index is -0.927. The lowest BCUT2D eigenvalue weighted by Gasteiger charge is -2.23. The number of carbonyl (C=O) groups is 2. The molecule has 2 heterocycles. The average molecular weight is 433 g/mol. The molecule has 1 saturated heterocycles. The van der Waals surface area contributed by atoms with Gasteiger partial charge in [0.25, 0.3) is 11.7 Å². The molecule has 1 fully saturated rings. The van der Waals surface area contributed by atoms with Crippen LogP contribution in [0.5, 0.6) is 11.5 Å². The third-order valence-corrected chi connectivity index (χ3v) is 5.33. The summed E-state index contributed by atoms with van der Waals surface area (Å²) in [6.45, 7) is 4.15. The number of ketones is 1. The van der Waals surface area contributed by atoms with Crippen molar-refractivity contribution >= 4 is 23.1 Å². The number of ether oxygens (including phenoxy) is 2. The molecule has 1 atom stereocenters. The fraction of sp³-hybridized carbons (Fsp3) is 0.200. The van der Waals surface area contributed by atoms with Crippen molar-refractivity contribution in [2.24, 2.45) is 0 Å². The minimum Gasteiger partial charge on any atom is -0.507 e. The summed E-state index contributed by atoms with van der Waals surface area (Å²) >= 11 is 0. The fourth-order valence-electron chi connectivity index (χ4n) is 3.89. The number of benzene rings is 2. The van der Waals surface area contributed by atoms with Crippen LogP contribution in [0, 0.1) is 6.92 Å². The number of furan rings is 1. The highest BCUT2D eigenvalue weighted by atomic mass is 16.5. The van der Waals surface area contributed by atoms with Gasteiger partial charge in [0.1, 0.15) is 29.1 Å². The normalized spacial score (nSPS) is 17.6. The molecule has 0 saturated carbocycles. The molecule has 1 aliphatic rings. The van der Waals surface area contributed by atoms with Crippen LogP contribution in [0.1, 0.15) is 29.9 Å². The van der Waals surface area contributed by atoms with Gasteiger partial charge in [-0.15, -0.1) is 0 Å². The maximum absolute atomic E-state index is 13.1. The van der Waals surface area contributed by atoms with Crippen LogP contribution < -0.4 is 14.4 Å². The lowest BCUT2D eigenvalue weighted by Crippen LogP contribution is -2.29. The molecule has 2 aromatic carbocycles. The number of Topliss-reactive ketones (excluding diaryl/α,β-unsaturated/α-hetero) is 1. The van der Waals surface area contributed by atoms with E-state index in [9.17, 15) is 14.7 Å². The molecule has 1 amide bonds. The van der Waals surface area contributed by atoms with Crippen molar-refractivity contribution in [3.05, 3.63) is 83.3 Å². The van der Waals surface area contributed by atoms with Crippen LogP contribution in [0.3, 0.4) is 0 Å². The first-order valence-electron chi connectivity index (χ1n) is 10.2. The quantitative estimate of drug-likeness (QED) is 0.347. The number of aliphatic hydroxyl groups is 1. The van der Waals surface area contributed by atoms with Gasteiger partial charge < -0.3 is 19.0 Å². The first-order valence-corrected chi connectivity index (χ1v) is 10.2. The van der Waals surface area contributed by atoms with Gasteiger partial charge in [0.05, 0.1) is 25.6 Å². The molecule has 1 aromatic heterocycles. The molecule has 1 unspecified atom stereocenters. The van der Waals surface area contributed by atoms with E-state index in [2.05, 4.69) is 0 Å². The zero-order valence-corrected chi connectivity index (χ0v) is 18.0. The van der Waals surface area contributed by atoms with E-state index in [-0.39, 0.29) is 11.3 Å². The van der Waals surface area contributed by atoms with E-state index in [4.69, 9.17) is 13.9 Å². The summed E-state index contributed by atoms with van der Waals surface area (Å²) in [6, 6.07) is 14.4. The minimum absolute atomic E-state index is 0.0451. The Balaban J connectivity index is 1.88. The third-order valence-electron chi connectivity index (χ3n) is 5.33. The molecule has 0 aliphatic carbocycles. The van der Waals surface area contributed by atoms with Crippen molar-refractivity contribution in [1.29, 1.82) is 0 Å². The number of hydrogen-bond donors (Lipinski definition) is 1. The molecule has 0 radical (unpaired) electrons. The van der Waals surface area contributed by atoms with Crippen LogP contribution in [0.15, 0.2) is 70.9 Å². The smallest absolute Gasteiger partial charge is 0.300 e. The van der Waals surface area contributed by atoms with Crippen molar-refractivity contribution in [2.45, 2.75) is 19.9 Å². The SMILES string of the molecule is CCOc1cccc(N2C(=O)C(=O)/C(=C(\O)c3ccc(OC)c(C)c3)C2c2ccco2)c1. The van der Waals surface area contributed by atoms with Crippen LogP contribution in [0.25, 0.3) is 5.76 Å². The molecule has 164 valence electrons. The summed E-state index contributed by atoms with van der Waals surface area (Å²) in [6.07, 6.45) is 1.46. The first kappa shape index (κ1) is 21.2. The van der Waals surface area contributed by atoms with Crippen LogP contribution in [-0.4, -0.2) is 30.5 Å². The van der Waals surface area contributed by atoms with Gasteiger partial charge in [-0.05, 0) is 61.9 Å². The molecule has 7 heteroatoms. The van der Waals surface area contributed by atoms with Gasteiger partial charge in [-0.1, -0.05) is 6.07 Å². The molecular formula is C25H23NO6. The van der Waals surface area contributed by atoms with E-state index in [1.165, 1.54) is 11.2 Å². The highest BCUT2D eigenvalue weighted by Gasteiger charge is 2.48. The largest absolute Gasteiger partial charge is 0.507 e. The number of carbonyl (C=O) groups excluding carboxylic acids is 2. The van der Waals surface area contributed by atoms with Crippen molar-refractivity contribution in [1.82, 2.24) is 0 Å². The Morgan fingerprint density at radius 2 is 1.94 bits per heavy atom. The van der Waals surface area contributed by atoms with Crippen LogP contribution in [0.2, 0.25) is 0 Å². The second kappa shape index (κ2) is 8.63. The van der Waals surface area contributed by atoms with Gasteiger partial charge in [-0.25, -0.2) is 0 Å². The number of amides is 1. The second-order valence-electron chi connectivity index (χ2n) is 7.30. The second-order valence-corrected chi connectivity index (χ2v) is 7.30. The number of methoxy groups -OCH3 is 1. The molecule has 0 spiro atoms. The van der Waals surface area contributed by atoms with Crippen molar-refractivity contribution < 1.29 is 28.6 Å². The van der Waals surface area contributed by atoms with Gasteiger partial charge >= 0.3 is 0 Å². The van der Waals surface area contributed by atoms with Crippen LogP contribution in [0.4, 0.5) is 5.69 Å². The molecular weight excluding hydrogens is 410 g/mol. The fourth-order valence-corrected chi connectivity index (χ4v) is 3.89. The monoisotopic (exact) mass is 433 g/mol. The van der Waals surface area contributed by atoms with E-state index in [0.717, 1.165) is 5.56 Å². The van der Waals surface area contributed by atoms with Crippen molar-refractivity contribution in [3.8, 4) is 11.5 Å². The Morgan fingerprint density at radius 1 is 1.12 bits per heavy atom. The summed E-state index contributed by atoms with van der Waals surface area (Å²) in [5.41, 5.74) is 1.60. The Bertz CT molecular complexity index is 1190. The molecule has 3 aromatic rings. The molecule has 0 bridgehead atoms. The van der Waals surface area contributed by atoms with E-state index in [1.807, 2.05) is 13.8 Å². The lowest BCUT2D eigenvalue weighted by atomic mass is 9.98. The maximum Gasteiger partial charge on any atom is 0.300 e. The lowest BCUT2D eigenvalue weighted by molar-refractivity contribution is -0.132. The van der Waals surface area contributed by atoms with Gasteiger partial charge in [0.15, 0.2) is 0 Å². The summed E-state index contributed by atoms with van der Waals surface area (Å²) in [5.74, 6) is -0.254. The van der Waals surface area contributed by atoms with Gasteiger partial charge in [-0.3, -0.25) is 14.5 Å². The number of rotatable bonds is 6. The molecule has 7 nitrogen and oxygen atoms in total. The van der Waals surface area contributed by atoms with Gasteiger partial charge in [0.2, 0.25) is 0 Å². The average Bonchev–Trinajstić information content (AvgIpc) is 3.41. The summed E-state index contributed by atoms with van der Waals surface area (Å²) in [4.78, 5) is 27.6. The summed E-state index contributed by atoms with van der Waals surface area (Å²) < 4.78 is 16.4. The Hall–Kier alpha value is -4.00. The highest BCUT2D eigenvalue weighted by molar-refractivity contribution is 6.51. The Morgan fingerprint density at radius 3 is 2.59 bits per heavy atom. The van der Waals surface area contributed by atoms with Crippen molar-refractivity contribution in [3.63, 3.8) is 0 Å². The number of aliphatic hydroxyl groups excluding tert-OH is 1. The zero-order chi connectivity index (χ0) is 22.8. The zero-order valence-electron chi connectivity index (χ0n) is 18.0. The Kier molecular flexibility index (Phi) is 5.73. The molecule has 32 heavy (non-hydrogen) atoms. The number of aryl methyl sites for hydroxylation is 1. The molecule has 4 rings (SSSR count). The third kappa shape index (κ3) is 3.62. The predicted octanol–water partition coefficient (Wildman–Crippen LogP) is 4.62. The maximum atomic E-state index is 13.1. The summed E-state index contributed by atoms with van der Waals surface area (Å²) in [7, 11) is 1.56. The topological polar surface area (TPSA) is 89.2 Å². The van der Waals surface area contributed by atoms with E-state index in [1.54, 1.807) is 61.7 Å². The highest BCUT2D eigenvalue weighted by Crippen LogP contribution is 2.43. The number of hydrogen-bond acceptors (Lipinski definition) is 6. The first-order chi connectivity index (χ1) is 15.5. The van der Waals surface area contributed by atoms with E-state index >= 15 is 0 Å². The standard InChI is InChI=1S/C25H23NO6/c1-4-31-18-8-5-7-17(14-18)26-22(20-9-6-12-32-20)21(24(28)25(26)29)23(27)16-10-11-19(30-3)15(2)13-16/h5-14,22,27H,4H2,1-3H3/b23-21-.